The molecule has 5 heteroatoms. The van der Waals surface area contributed by atoms with Crippen LogP contribution in [0.15, 0.2) is 30.6 Å². The van der Waals surface area contributed by atoms with Crippen molar-refractivity contribution >= 4 is 5.69 Å². The van der Waals surface area contributed by atoms with Crippen LogP contribution in [0.3, 0.4) is 0 Å². The van der Waals surface area contributed by atoms with Crippen molar-refractivity contribution in [2.45, 2.75) is 20.3 Å². The van der Waals surface area contributed by atoms with Crippen molar-refractivity contribution in [3.8, 4) is 5.69 Å². The summed E-state index contributed by atoms with van der Waals surface area (Å²) >= 11 is 0. The monoisotopic (exact) mass is 231 g/mol. The summed E-state index contributed by atoms with van der Waals surface area (Å²) in [4.78, 5) is 0. The van der Waals surface area contributed by atoms with Gasteiger partial charge in [0.25, 0.3) is 0 Å². The number of anilines is 1. The van der Waals surface area contributed by atoms with Gasteiger partial charge in [-0.05, 0) is 40.6 Å². The zero-order valence-corrected chi connectivity index (χ0v) is 10.2. The van der Waals surface area contributed by atoms with Gasteiger partial charge < -0.3 is 5.32 Å². The second kappa shape index (κ2) is 5.43. The summed E-state index contributed by atoms with van der Waals surface area (Å²) in [6, 6.07) is 8.07. The molecule has 1 heterocycles. The number of aromatic nitrogens is 4. The minimum atomic E-state index is 0.689. The van der Waals surface area contributed by atoms with Gasteiger partial charge in [-0.2, -0.15) is 0 Å². The van der Waals surface area contributed by atoms with E-state index in [4.69, 9.17) is 0 Å². The van der Waals surface area contributed by atoms with Crippen molar-refractivity contribution in [3.63, 3.8) is 0 Å². The molecular weight excluding hydrogens is 214 g/mol. The molecule has 1 N–H and O–H groups in total. The number of rotatable bonds is 5. The maximum atomic E-state index is 3.84. The van der Waals surface area contributed by atoms with Crippen LogP contribution in [0.1, 0.15) is 20.3 Å². The summed E-state index contributed by atoms with van der Waals surface area (Å²) in [5, 5.41) is 14.5. The van der Waals surface area contributed by atoms with Crippen LogP contribution in [0, 0.1) is 5.92 Å². The molecule has 0 amide bonds. The fourth-order valence-corrected chi connectivity index (χ4v) is 1.45. The zero-order chi connectivity index (χ0) is 12.1. The Hall–Kier alpha value is -1.91. The Kier molecular flexibility index (Phi) is 3.69. The third-order valence-corrected chi connectivity index (χ3v) is 2.83. The van der Waals surface area contributed by atoms with Crippen LogP contribution in [0.25, 0.3) is 5.69 Å². The Balaban J connectivity index is 1.99. The lowest BCUT2D eigenvalue weighted by molar-refractivity contribution is 0.593. The summed E-state index contributed by atoms with van der Waals surface area (Å²) in [6.45, 7) is 5.44. The van der Waals surface area contributed by atoms with Crippen LogP contribution >= 0.6 is 0 Å². The fourth-order valence-electron chi connectivity index (χ4n) is 1.45. The summed E-state index contributed by atoms with van der Waals surface area (Å²) < 4.78 is 1.64. The number of nitrogens with zero attached hydrogens (tertiary/aromatic N) is 4. The zero-order valence-electron chi connectivity index (χ0n) is 10.2. The van der Waals surface area contributed by atoms with E-state index in [0.717, 1.165) is 17.9 Å². The number of nitrogens with one attached hydrogen (secondary N) is 1. The summed E-state index contributed by atoms with van der Waals surface area (Å²) in [6.07, 6.45) is 2.78. The Morgan fingerprint density at radius 2 is 2.06 bits per heavy atom. The highest BCUT2D eigenvalue weighted by Gasteiger charge is 2.00. The van der Waals surface area contributed by atoms with Crippen molar-refractivity contribution in [3.05, 3.63) is 30.6 Å². The average Bonchev–Trinajstić information content (AvgIpc) is 2.90. The number of tetrazole rings is 1. The summed E-state index contributed by atoms with van der Waals surface area (Å²) in [5.41, 5.74) is 2.09. The molecule has 2 rings (SSSR count). The largest absolute Gasteiger partial charge is 0.385 e. The smallest absolute Gasteiger partial charge is 0.143 e. The van der Waals surface area contributed by atoms with Crippen LogP contribution in [-0.2, 0) is 0 Å². The van der Waals surface area contributed by atoms with Gasteiger partial charge in [0, 0.05) is 12.2 Å². The predicted molar refractivity (Wildman–Crippen MR) is 67.1 cm³/mol. The van der Waals surface area contributed by atoms with Gasteiger partial charge in [-0.25, -0.2) is 4.68 Å². The van der Waals surface area contributed by atoms with Crippen molar-refractivity contribution in [2.75, 3.05) is 11.9 Å². The quantitative estimate of drug-likeness (QED) is 0.856. The van der Waals surface area contributed by atoms with E-state index in [1.165, 1.54) is 6.42 Å². The van der Waals surface area contributed by atoms with Crippen molar-refractivity contribution < 1.29 is 0 Å². The molecule has 17 heavy (non-hydrogen) atoms. The first kappa shape index (κ1) is 11.6. The Labute approximate surface area is 101 Å². The fraction of sp³-hybridized carbons (Fsp3) is 0.417. The molecule has 1 unspecified atom stereocenters. The second-order valence-corrected chi connectivity index (χ2v) is 4.20. The molecule has 1 aromatic heterocycles. The van der Waals surface area contributed by atoms with Crippen LogP contribution in [-0.4, -0.2) is 26.8 Å². The molecule has 1 aromatic carbocycles. The van der Waals surface area contributed by atoms with Gasteiger partial charge in [-0.3, -0.25) is 0 Å². The third kappa shape index (κ3) is 3.03. The van der Waals surface area contributed by atoms with Crippen LogP contribution < -0.4 is 5.32 Å². The van der Waals surface area contributed by atoms with Crippen LogP contribution in [0.5, 0.6) is 0 Å². The number of hydrogen-bond donors (Lipinski definition) is 1. The lowest BCUT2D eigenvalue weighted by atomic mass is 10.1. The van der Waals surface area contributed by atoms with Gasteiger partial charge >= 0.3 is 0 Å². The molecule has 0 aliphatic rings. The predicted octanol–water partition coefficient (Wildman–Crippen LogP) is 2.12. The molecule has 2 aromatic rings. The molecule has 0 saturated heterocycles. The first-order chi connectivity index (χ1) is 8.29. The number of hydrogen-bond acceptors (Lipinski definition) is 4. The molecule has 0 aliphatic heterocycles. The molecule has 0 spiro atoms. The van der Waals surface area contributed by atoms with Gasteiger partial charge in [0.05, 0.1) is 5.69 Å². The van der Waals surface area contributed by atoms with E-state index in [9.17, 15) is 0 Å². The molecule has 1 atom stereocenters. The average molecular weight is 231 g/mol. The van der Waals surface area contributed by atoms with Crippen molar-refractivity contribution in [2.24, 2.45) is 5.92 Å². The van der Waals surface area contributed by atoms with E-state index in [2.05, 4.69) is 34.7 Å². The molecule has 0 saturated carbocycles. The van der Waals surface area contributed by atoms with Crippen LogP contribution in [0.2, 0.25) is 0 Å². The number of benzene rings is 1. The van der Waals surface area contributed by atoms with E-state index in [0.29, 0.717) is 5.92 Å². The molecule has 0 fully saturated rings. The lowest BCUT2D eigenvalue weighted by Crippen LogP contribution is -2.10. The van der Waals surface area contributed by atoms with Crippen LogP contribution in [0.4, 0.5) is 5.69 Å². The maximum absolute atomic E-state index is 3.84. The molecule has 0 radical (unpaired) electrons. The van der Waals surface area contributed by atoms with Crippen molar-refractivity contribution in [1.29, 1.82) is 0 Å². The highest BCUT2D eigenvalue weighted by molar-refractivity contribution is 5.48. The molecule has 90 valence electrons. The maximum Gasteiger partial charge on any atom is 0.143 e. The second-order valence-electron chi connectivity index (χ2n) is 4.20. The van der Waals surface area contributed by atoms with Gasteiger partial charge in [-0.15, -0.1) is 5.10 Å². The lowest BCUT2D eigenvalue weighted by Gasteiger charge is -2.11. The van der Waals surface area contributed by atoms with Gasteiger partial charge in [0.1, 0.15) is 6.33 Å². The standard InChI is InChI=1S/C12H17N5/c1-3-10(2)8-13-11-4-6-12(7-5-11)17-9-14-15-16-17/h4-7,9-10,13H,3,8H2,1-2H3. The Bertz CT molecular complexity index is 434. The van der Waals surface area contributed by atoms with E-state index >= 15 is 0 Å². The van der Waals surface area contributed by atoms with Crippen molar-refractivity contribution in [1.82, 2.24) is 20.2 Å². The SMILES string of the molecule is CCC(C)CNc1ccc(-n2cnnn2)cc1. The van der Waals surface area contributed by atoms with E-state index in [1.54, 1.807) is 11.0 Å². The van der Waals surface area contributed by atoms with Gasteiger partial charge in [-0.1, -0.05) is 20.3 Å². The topological polar surface area (TPSA) is 55.6 Å². The normalized spacial score (nSPS) is 12.4. The first-order valence-electron chi connectivity index (χ1n) is 5.87. The Morgan fingerprint density at radius 1 is 1.29 bits per heavy atom. The summed E-state index contributed by atoms with van der Waals surface area (Å²) in [5.74, 6) is 0.689. The summed E-state index contributed by atoms with van der Waals surface area (Å²) in [7, 11) is 0. The van der Waals surface area contributed by atoms with E-state index in [-0.39, 0.29) is 0 Å². The molecule has 5 nitrogen and oxygen atoms in total. The van der Waals surface area contributed by atoms with Gasteiger partial charge in [0.15, 0.2) is 0 Å². The first-order valence-corrected chi connectivity index (χ1v) is 5.87. The minimum Gasteiger partial charge on any atom is -0.385 e. The molecule has 0 bridgehead atoms. The Morgan fingerprint density at radius 3 is 2.65 bits per heavy atom. The van der Waals surface area contributed by atoms with E-state index in [1.807, 2.05) is 24.3 Å². The third-order valence-electron chi connectivity index (χ3n) is 2.83. The molecular formula is C12H17N5. The minimum absolute atomic E-state index is 0.689. The molecule has 0 aliphatic carbocycles. The highest BCUT2D eigenvalue weighted by Crippen LogP contribution is 2.12. The highest BCUT2D eigenvalue weighted by atomic mass is 15.5. The van der Waals surface area contributed by atoms with E-state index < -0.39 is 0 Å². The van der Waals surface area contributed by atoms with Gasteiger partial charge in [0.2, 0.25) is 0 Å².